The number of hydrogen-bond acceptors (Lipinski definition) is 3. The van der Waals surface area contributed by atoms with E-state index in [0.717, 1.165) is 31.4 Å². The summed E-state index contributed by atoms with van der Waals surface area (Å²) in [5.74, 6) is 6.35. The Morgan fingerprint density at radius 1 is 0.846 bits per heavy atom. The van der Waals surface area contributed by atoms with E-state index in [0.29, 0.717) is 13.2 Å². The zero-order valence-electron chi connectivity index (χ0n) is 14.7. The number of aromatic nitrogens is 1. The molecule has 0 N–H and O–H groups in total. The average molecular weight is 343 g/mol. The third-order valence-electron chi connectivity index (χ3n) is 5.96. The molecule has 26 heavy (non-hydrogen) atoms. The van der Waals surface area contributed by atoms with E-state index in [4.69, 9.17) is 9.47 Å². The molecule has 2 spiro atoms. The maximum absolute atomic E-state index is 5.95. The van der Waals surface area contributed by atoms with E-state index < -0.39 is 0 Å². The molecule has 0 unspecified atom stereocenters. The fraction of sp³-hybridized carbons (Fsp3) is 0.348. The molecule has 2 aliphatic carbocycles. The predicted molar refractivity (Wildman–Crippen MR) is 100 cm³/mol. The third-order valence-corrected chi connectivity index (χ3v) is 5.96. The first kappa shape index (κ1) is 15.8. The Morgan fingerprint density at radius 3 is 2.38 bits per heavy atom. The highest BCUT2D eigenvalue weighted by Gasteiger charge is 2.50. The van der Waals surface area contributed by atoms with Gasteiger partial charge in [-0.1, -0.05) is 36.3 Å². The van der Waals surface area contributed by atoms with Crippen molar-refractivity contribution in [1.29, 1.82) is 0 Å². The molecule has 5 rings (SSSR count). The van der Waals surface area contributed by atoms with Crippen LogP contribution >= 0.6 is 0 Å². The van der Waals surface area contributed by atoms with Crippen LogP contribution in [0, 0.1) is 11.8 Å². The van der Waals surface area contributed by atoms with E-state index in [1.54, 1.807) is 6.20 Å². The number of ether oxygens (including phenoxy) is 2. The topological polar surface area (TPSA) is 31.4 Å². The van der Waals surface area contributed by atoms with Crippen LogP contribution in [0.15, 0.2) is 54.2 Å². The second-order valence-electron chi connectivity index (χ2n) is 7.30. The molecule has 1 saturated heterocycles. The Morgan fingerprint density at radius 2 is 1.62 bits per heavy atom. The van der Waals surface area contributed by atoms with Gasteiger partial charge in [-0.25, -0.2) is 4.98 Å². The van der Waals surface area contributed by atoms with E-state index in [-0.39, 0.29) is 11.2 Å². The van der Waals surface area contributed by atoms with E-state index in [2.05, 4.69) is 47.2 Å². The van der Waals surface area contributed by atoms with Gasteiger partial charge in [0, 0.05) is 30.0 Å². The minimum absolute atomic E-state index is 0.0149. The summed E-state index contributed by atoms with van der Waals surface area (Å²) >= 11 is 0. The molecule has 1 aromatic carbocycles. The van der Waals surface area contributed by atoms with Crippen LogP contribution in [0.25, 0.3) is 6.08 Å². The van der Waals surface area contributed by atoms with Crippen molar-refractivity contribution in [2.75, 3.05) is 13.2 Å². The number of benzene rings is 1. The van der Waals surface area contributed by atoms with E-state index in [1.165, 1.54) is 16.7 Å². The summed E-state index contributed by atoms with van der Waals surface area (Å²) in [6, 6.07) is 14.5. The molecule has 3 aliphatic rings. The molecule has 2 heterocycles. The second kappa shape index (κ2) is 6.09. The lowest BCUT2D eigenvalue weighted by Crippen LogP contribution is -2.42. The van der Waals surface area contributed by atoms with Crippen molar-refractivity contribution in [3.8, 4) is 11.8 Å². The molecule has 2 fully saturated rings. The molecule has 130 valence electrons. The molecular formula is C23H21NO2. The van der Waals surface area contributed by atoms with Crippen molar-refractivity contribution in [1.82, 2.24) is 4.98 Å². The van der Waals surface area contributed by atoms with Gasteiger partial charge in [-0.15, -0.1) is 0 Å². The molecule has 1 aliphatic heterocycles. The zero-order valence-corrected chi connectivity index (χ0v) is 14.7. The van der Waals surface area contributed by atoms with Gasteiger partial charge in [0.05, 0.1) is 13.2 Å². The van der Waals surface area contributed by atoms with Crippen molar-refractivity contribution in [2.24, 2.45) is 0 Å². The monoisotopic (exact) mass is 343 g/mol. The minimum atomic E-state index is -0.359. The summed E-state index contributed by atoms with van der Waals surface area (Å²) in [7, 11) is 0. The molecule has 3 nitrogen and oxygen atoms in total. The number of pyridine rings is 1. The van der Waals surface area contributed by atoms with Crippen LogP contribution in [0.2, 0.25) is 0 Å². The first-order valence-corrected chi connectivity index (χ1v) is 9.32. The fourth-order valence-corrected chi connectivity index (χ4v) is 4.60. The van der Waals surface area contributed by atoms with E-state index in [9.17, 15) is 0 Å². The molecule has 0 bridgehead atoms. The number of fused-ring (bicyclic) bond motifs is 2. The van der Waals surface area contributed by atoms with Crippen molar-refractivity contribution >= 4 is 6.08 Å². The summed E-state index contributed by atoms with van der Waals surface area (Å²) < 4.78 is 11.9. The second-order valence-corrected chi connectivity index (χ2v) is 7.30. The Labute approximate surface area is 154 Å². The van der Waals surface area contributed by atoms with Crippen molar-refractivity contribution < 1.29 is 9.47 Å². The summed E-state index contributed by atoms with van der Waals surface area (Å²) in [4.78, 5) is 4.34. The van der Waals surface area contributed by atoms with Gasteiger partial charge in [-0.05, 0) is 48.1 Å². The quantitative estimate of drug-likeness (QED) is 0.675. The summed E-state index contributed by atoms with van der Waals surface area (Å²) in [6.45, 7) is 1.43. The standard InChI is InChI=1S/C23H21NO2/c1-2-7-21-18(5-1)17-19(8-9-20-6-3-4-14-24-20)22(21)10-12-23(13-11-22)25-15-16-26-23/h1-7,14,17H,10-13,15-16H2. The lowest BCUT2D eigenvalue weighted by atomic mass is 9.65. The summed E-state index contributed by atoms with van der Waals surface area (Å²) in [5, 5.41) is 0. The molecule has 1 saturated carbocycles. The highest BCUT2D eigenvalue weighted by Crippen LogP contribution is 2.54. The maximum atomic E-state index is 5.95. The number of rotatable bonds is 0. The summed E-state index contributed by atoms with van der Waals surface area (Å²) in [5.41, 5.74) is 4.70. The van der Waals surface area contributed by atoms with Crippen LogP contribution in [-0.2, 0) is 14.9 Å². The van der Waals surface area contributed by atoms with Crippen LogP contribution < -0.4 is 0 Å². The molecule has 0 amide bonds. The fourth-order valence-electron chi connectivity index (χ4n) is 4.60. The molecule has 0 radical (unpaired) electrons. The van der Waals surface area contributed by atoms with E-state index >= 15 is 0 Å². The van der Waals surface area contributed by atoms with E-state index in [1.807, 2.05) is 18.2 Å². The highest BCUT2D eigenvalue weighted by atomic mass is 16.7. The molecule has 0 atom stereocenters. The number of allylic oxidation sites excluding steroid dienone is 1. The van der Waals surface area contributed by atoms with Crippen LogP contribution in [0.3, 0.4) is 0 Å². The van der Waals surface area contributed by atoms with Crippen LogP contribution in [0.1, 0.15) is 42.5 Å². The zero-order chi connectivity index (χ0) is 17.5. The summed E-state index contributed by atoms with van der Waals surface area (Å²) in [6.07, 6.45) is 7.91. The van der Waals surface area contributed by atoms with Gasteiger partial charge < -0.3 is 9.47 Å². The van der Waals surface area contributed by atoms with Crippen LogP contribution in [0.5, 0.6) is 0 Å². The average Bonchev–Trinajstić information content (AvgIpc) is 3.27. The highest BCUT2D eigenvalue weighted by molar-refractivity contribution is 5.74. The van der Waals surface area contributed by atoms with Crippen LogP contribution in [0.4, 0.5) is 0 Å². The van der Waals surface area contributed by atoms with Gasteiger partial charge in [-0.2, -0.15) is 0 Å². The van der Waals surface area contributed by atoms with Crippen LogP contribution in [-0.4, -0.2) is 24.0 Å². The van der Waals surface area contributed by atoms with Gasteiger partial charge in [0.2, 0.25) is 0 Å². The van der Waals surface area contributed by atoms with Gasteiger partial charge in [0.1, 0.15) is 5.69 Å². The SMILES string of the molecule is C(#Cc1ccccn1)C1=Cc2ccccc2C12CCC1(CC2)OCCO1. The van der Waals surface area contributed by atoms with Gasteiger partial charge >= 0.3 is 0 Å². The molecule has 1 aromatic heterocycles. The largest absolute Gasteiger partial charge is 0.348 e. The van der Waals surface area contributed by atoms with Gasteiger partial charge in [-0.3, -0.25) is 0 Å². The Balaban J connectivity index is 1.51. The lowest BCUT2D eigenvalue weighted by molar-refractivity contribution is -0.182. The van der Waals surface area contributed by atoms with Crippen molar-refractivity contribution in [2.45, 2.75) is 36.9 Å². The number of nitrogens with zero attached hydrogens (tertiary/aromatic N) is 1. The third kappa shape index (κ3) is 2.49. The Kier molecular flexibility index (Phi) is 3.70. The smallest absolute Gasteiger partial charge is 0.168 e. The van der Waals surface area contributed by atoms with Gasteiger partial charge in [0.25, 0.3) is 0 Å². The predicted octanol–water partition coefficient (Wildman–Crippen LogP) is 4.09. The Hall–Kier alpha value is -2.41. The molecule has 2 aromatic rings. The van der Waals surface area contributed by atoms with Crippen molar-refractivity contribution in [3.05, 3.63) is 71.1 Å². The lowest BCUT2D eigenvalue weighted by Gasteiger charge is -2.43. The minimum Gasteiger partial charge on any atom is -0.348 e. The Bertz CT molecular complexity index is 904. The normalized spacial score (nSPS) is 21.9. The maximum Gasteiger partial charge on any atom is 0.168 e. The van der Waals surface area contributed by atoms with Crippen molar-refractivity contribution in [3.63, 3.8) is 0 Å². The first-order valence-electron chi connectivity index (χ1n) is 9.32. The molecule has 3 heteroatoms. The first-order chi connectivity index (χ1) is 12.8. The number of hydrogen-bond donors (Lipinski definition) is 0. The molecular weight excluding hydrogens is 322 g/mol. The van der Waals surface area contributed by atoms with Gasteiger partial charge in [0.15, 0.2) is 5.79 Å².